The Balaban J connectivity index is 1.98. The molecule has 7 nitrogen and oxygen atoms in total. The molecular formula is C14H26O7. The third-order valence-electron chi connectivity index (χ3n) is 4.27. The minimum atomic E-state index is -0.520. The Morgan fingerprint density at radius 3 is 2.33 bits per heavy atom. The topological polar surface area (TPSA) is 75.6 Å². The summed E-state index contributed by atoms with van der Waals surface area (Å²) in [5.74, 6) is 0. The molecule has 0 amide bonds. The Labute approximate surface area is 125 Å². The fourth-order valence-corrected chi connectivity index (χ4v) is 3.03. The fraction of sp³-hybridized carbons (Fsp3) is 1.00. The van der Waals surface area contributed by atoms with Crippen molar-refractivity contribution in [2.75, 3.05) is 20.8 Å². The van der Waals surface area contributed by atoms with E-state index in [0.29, 0.717) is 13.0 Å². The maximum absolute atomic E-state index is 8.95. The van der Waals surface area contributed by atoms with Crippen LogP contribution in [0.5, 0.6) is 0 Å². The van der Waals surface area contributed by atoms with Crippen LogP contribution in [0.3, 0.4) is 0 Å². The zero-order chi connectivity index (χ0) is 15.4. The van der Waals surface area contributed by atoms with E-state index in [1.165, 1.54) is 0 Å². The summed E-state index contributed by atoms with van der Waals surface area (Å²) in [4.78, 5) is 4.45. The van der Waals surface area contributed by atoms with E-state index in [1.807, 2.05) is 13.8 Å². The van der Waals surface area contributed by atoms with Crippen molar-refractivity contribution in [3.05, 3.63) is 0 Å². The van der Waals surface area contributed by atoms with Gasteiger partial charge in [0.25, 0.3) is 0 Å². The predicted octanol–water partition coefficient (Wildman–Crippen LogP) is 1.20. The van der Waals surface area contributed by atoms with Crippen molar-refractivity contribution >= 4 is 0 Å². The number of hydrogen-bond donors (Lipinski definition) is 1. The molecule has 1 N–H and O–H groups in total. The highest BCUT2D eigenvalue weighted by Gasteiger charge is 2.42. The summed E-state index contributed by atoms with van der Waals surface area (Å²) in [6.07, 6.45) is -0.573. The van der Waals surface area contributed by atoms with Gasteiger partial charge in [0.1, 0.15) is 12.2 Å². The zero-order valence-corrected chi connectivity index (χ0v) is 13.1. The van der Waals surface area contributed by atoms with Gasteiger partial charge >= 0.3 is 0 Å². The lowest BCUT2D eigenvalue weighted by atomic mass is 10.0. The lowest BCUT2D eigenvalue weighted by Crippen LogP contribution is -2.53. The van der Waals surface area contributed by atoms with E-state index in [0.717, 1.165) is 6.42 Å². The lowest BCUT2D eigenvalue weighted by molar-refractivity contribution is -0.361. The van der Waals surface area contributed by atoms with E-state index in [2.05, 4.69) is 4.89 Å². The first-order valence-electron chi connectivity index (χ1n) is 7.39. The third kappa shape index (κ3) is 3.92. The normalized spacial score (nSPS) is 44.7. The molecule has 2 rings (SSSR count). The van der Waals surface area contributed by atoms with Crippen LogP contribution < -0.4 is 0 Å². The van der Waals surface area contributed by atoms with Gasteiger partial charge in [0.15, 0.2) is 6.29 Å². The van der Waals surface area contributed by atoms with Gasteiger partial charge in [-0.3, -0.25) is 5.26 Å². The van der Waals surface area contributed by atoms with E-state index < -0.39 is 12.4 Å². The van der Waals surface area contributed by atoms with E-state index in [9.17, 15) is 0 Å². The van der Waals surface area contributed by atoms with E-state index in [4.69, 9.17) is 28.9 Å². The van der Waals surface area contributed by atoms with Crippen LogP contribution in [-0.2, 0) is 28.6 Å². The number of hydrogen-bond acceptors (Lipinski definition) is 7. The van der Waals surface area contributed by atoms with Gasteiger partial charge in [-0.15, -0.1) is 0 Å². The van der Waals surface area contributed by atoms with Gasteiger partial charge in [0, 0.05) is 27.2 Å². The Kier molecular flexibility index (Phi) is 6.36. The molecule has 0 radical (unpaired) electrons. The Bertz CT molecular complexity index is 314. The Morgan fingerprint density at radius 1 is 1.00 bits per heavy atom. The molecular weight excluding hydrogens is 280 g/mol. The first-order valence-corrected chi connectivity index (χ1v) is 7.39. The van der Waals surface area contributed by atoms with Crippen LogP contribution in [0.2, 0.25) is 0 Å². The molecule has 2 fully saturated rings. The van der Waals surface area contributed by atoms with E-state index in [1.54, 1.807) is 14.2 Å². The molecule has 0 aromatic rings. The van der Waals surface area contributed by atoms with Crippen molar-refractivity contribution in [1.29, 1.82) is 0 Å². The summed E-state index contributed by atoms with van der Waals surface area (Å²) >= 11 is 0. The average molecular weight is 306 g/mol. The molecule has 0 bridgehead atoms. The third-order valence-corrected chi connectivity index (χ3v) is 4.27. The SMILES string of the molecule is COC1C[C@H](O[C@H]2C(C)OCCC2OC)OC(C)C1OO. The Morgan fingerprint density at radius 2 is 1.71 bits per heavy atom. The highest BCUT2D eigenvalue weighted by molar-refractivity contribution is 4.85. The molecule has 7 atom stereocenters. The van der Waals surface area contributed by atoms with Crippen LogP contribution in [-0.4, -0.2) is 69.0 Å². The van der Waals surface area contributed by atoms with Gasteiger partial charge in [0.05, 0.1) is 24.4 Å². The molecule has 0 spiro atoms. The summed E-state index contributed by atoms with van der Waals surface area (Å²) in [6, 6.07) is 0. The van der Waals surface area contributed by atoms with Gasteiger partial charge in [0.2, 0.25) is 0 Å². The van der Waals surface area contributed by atoms with Crippen LogP contribution in [0.1, 0.15) is 26.7 Å². The minimum absolute atomic E-state index is 0.0135. The summed E-state index contributed by atoms with van der Waals surface area (Å²) < 4.78 is 28.3. The molecule has 5 unspecified atom stereocenters. The van der Waals surface area contributed by atoms with Crippen molar-refractivity contribution < 1.29 is 33.8 Å². The summed E-state index contributed by atoms with van der Waals surface area (Å²) in [5, 5.41) is 8.95. The van der Waals surface area contributed by atoms with Gasteiger partial charge in [-0.25, -0.2) is 4.89 Å². The van der Waals surface area contributed by atoms with Gasteiger partial charge in [-0.1, -0.05) is 0 Å². The first kappa shape index (κ1) is 17.1. The predicted molar refractivity (Wildman–Crippen MR) is 73.0 cm³/mol. The van der Waals surface area contributed by atoms with Crippen LogP contribution >= 0.6 is 0 Å². The molecule has 2 aliphatic rings. The number of ether oxygens (including phenoxy) is 5. The smallest absolute Gasteiger partial charge is 0.161 e. The Hall–Kier alpha value is -0.280. The van der Waals surface area contributed by atoms with Crippen LogP contribution in [0.25, 0.3) is 0 Å². The van der Waals surface area contributed by atoms with Gasteiger partial charge in [-0.05, 0) is 20.3 Å². The molecule has 0 saturated carbocycles. The maximum Gasteiger partial charge on any atom is 0.161 e. The van der Waals surface area contributed by atoms with Crippen molar-refractivity contribution in [1.82, 2.24) is 0 Å². The summed E-state index contributed by atoms with van der Waals surface area (Å²) in [6.45, 7) is 4.45. The fourth-order valence-electron chi connectivity index (χ4n) is 3.03. The molecule has 0 aromatic carbocycles. The van der Waals surface area contributed by atoms with E-state index in [-0.39, 0.29) is 30.5 Å². The average Bonchev–Trinajstić information content (AvgIpc) is 2.48. The molecule has 124 valence electrons. The first-order chi connectivity index (χ1) is 10.1. The highest BCUT2D eigenvalue weighted by Crippen LogP contribution is 2.29. The van der Waals surface area contributed by atoms with Crippen LogP contribution in [0.15, 0.2) is 0 Å². The highest BCUT2D eigenvalue weighted by atomic mass is 17.1. The second-order valence-electron chi connectivity index (χ2n) is 5.59. The van der Waals surface area contributed by atoms with Crippen LogP contribution in [0, 0.1) is 0 Å². The van der Waals surface area contributed by atoms with Crippen molar-refractivity contribution in [3.8, 4) is 0 Å². The maximum atomic E-state index is 8.95. The molecule has 21 heavy (non-hydrogen) atoms. The summed E-state index contributed by atoms with van der Waals surface area (Å²) in [5.41, 5.74) is 0. The second kappa shape index (κ2) is 7.82. The zero-order valence-electron chi connectivity index (χ0n) is 13.1. The standard InChI is InChI=1S/C14H26O7/c1-8-13(10(16-3)5-6-18-8)20-12-7-11(17-4)14(21-15)9(2)19-12/h8-15H,5-7H2,1-4H3/t8?,9?,10?,11?,12-,13-,14?/m0/s1. The van der Waals surface area contributed by atoms with Crippen molar-refractivity contribution in [2.24, 2.45) is 0 Å². The van der Waals surface area contributed by atoms with Crippen molar-refractivity contribution in [2.45, 2.75) is 69.6 Å². The monoisotopic (exact) mass is 306 g/mol. The minimum Gasteiger partial charge on any atom is -0.379 e. The molecule has 2 heterocycles. The van der Waals surface area contributed by atoms with Crippen molar-refractivity contribution in [3.63, 3.8) is 0 Å². The van der Waals surface area contributed by atoms with E-state index >= 15 is 0 Å². The van der Waals surface area contributed by atoms with Gasteiger partial charge < -0.3 is 23.7 Å². The molecule has 2 saturated heterocycles. The second-order valence-corrected chi connectivity index (χ2v) is 5.59. The quantitative estimate of drug-likeness (QED) is 0.604. The number of methoxy groups -OCH3 is 2. The molecule has 7 heteroatoms. The van der Waals surface area contributed by atoms with Gasteiger partial charge in [-0.2, -0.15) is 0 Å². The van der Waals surface area contributed by atoms with Crippen LogP contribution in [0.4, 0.5) is 0 Å². The number of rotatable bonds is 5. The molecule has 0 aromatic heterocycles. The molecule has 0 aliphatic carbocycles. The molecule has 2 aliphatic heterocycles. The lowest BCUT2D eigenvalue weighted by Gasteiger charge is -2.42. The largest absolute Gasteiger partial charge is 0.379 e. The summed E-state index contributed by atoms with van der Waals surface area (Å²) in [7, 11) is 3.26.